The molecule has 0 atom stereocenters. The van der Waals surface area contributed by atoms with E-state index in [1.807, 2.05) is 30.5 Å². The molecule has 0 saturated heterocycles. The summed E-state index contributed by atoms with van der Waals surface area (Å²) in [7, 11) is 0. The first-order chi connectivity index (χ1) is 18.2. The molecule has 0 N–H and O–H groups in total. The highest BCUT2D eigenvalue weighted by Gasteiger charge is 2.37. The third-order valence-corrected chi connectivity index (χ3v) is 7.38. The van der Waals surface area contributed by atoms with Crippen LogP contribution in [0, 0.1) is 19.7 Å². The molecule has 0 aliphatic rings. The number of halogens is 4. The van der Waals surface area contributed by atoms with E-state index in [0.29, 0.717) is 27.5 Å². The summed E-state index contributed by atoms with van der Waals surface area (Å²) in [5.41, 5.74) is 3.05. The lowest BCUT2D eigenvalue weighted by molar-refractivity contribution is -0.136. The van der Waals surface area contributed by atoms with Gasteiger partial charge in [-0.15, -0.1) is 11.3 Å². The molecule has 6 rings (SSSR count). The van der Waals surface area contributed by atoms with Crippen LogP contribution in [0.5, 0.6) is 0 Å². The van der Waals surface area contributed by atoms with Gasteiger partial charge >= 0.3 is 6.18 Å². The van der Waals surface area contributed by atoms with Crippen molar-refractivity contribution in [1.29, 1.82) is 0 Å². The Morgan fingerprint density at radius 1 is 0.842 bits per heavy atom. The predicted molar refractivity (Wildman–Crippen MR) is 141 cm³/mol. The van der Waals surface area contributed by atoms with Crippen molar-refractivity contribution in [2.24, 2.45) is 0 Å². The fraction of sp³-hybridized carbons (Fsp3) is 0.103. The predicted octanol–water partition coefficient (Wildman–Crippen LogP) is 8.38. The zero-order valence-corrected chi connectivity index (χ0v) is 21.1. The molecule has 190 valence electrons. The number of fused-ring (bicyclic) bond motifs is 1. The van der Waals surface area contributed by atoms with Crippen LogP contribution in [0.4, 0.5) is 17.6 Å². The van der Waals surface area contributed by atoms with Crippen LogP contribution in [0.1, 0.15) is 17.0 Å². The van der Waals surface area contributed by atoms with Gasteiger partial charge in [-0.1, -0.05) is 24.3 Å². The fourth-order valence-corrected chi connectivity index (χ4v) is 5.50. The summed E-state index contributed by atoms with van der Waals surface area (Å²) in [5.74, 6) is -0.369. The van der Waals surface area contributed by atoms with E-state index in [4.69, 9.17) is 10.1 Å². The molecule has 0 amide bonds. The second-order valence-electron chi connectivity index (χ2n) is 8.92. The molecule has 0 unspecified atom stereocenters. The third-order valence-electron chi connectivity index (χ3n) is 6.49. The van der Waals surface area contributed by atoms with E-state index in [0.717, 1.165) is 11.8 Å². The summed E-state index contributed by atoms with van der Waals surface area (Å²) in [6.45, 7) is 3.67. The second-order valence-corrected chi connectivity index (χ2v) is 9.87. The number of aromatic nitrogens is 4. The number of aryl methyl sites for hydroxylation is 1. The maximum absolute atomic E-state index is 14.6. The summed E-state index contributed by atoms with van der Waals surface area (Å²) in [6.07, 6.45) is -4.64. The molecule has 2 aromatic carbocycles. The van der Waals surface area contributed by atoms with Gasteiger partial charge in [0.05, 0.1) is 27.2 Å². The van der Waals surface area contributed by atoms with Crippen molar-refractivity contribution in [1.82, 2.24) is 19.3 Å². The number of hydrogen-bond acceptors (Lipinski definition) is 3. The van der Waals surface area contributed by atoms with Crippen molar-refractivity contribution in [3.8, 4) is 33.2 Å². The minimum atomic E-state index is -4.64. The number of nitrogens with zero attached hydrogens (tertiary/aromatic N) is 4. The van der Waals surface area contributed by atoms with Gasteiger partial charge < -0.3 is 4.57 Å². The van der Waals surface area contributed by atoms with Crippen molar-refractivity contribution < 1.29 is 17.6 Å². The molecule has 4 aromatic heterocycles. The van der Waals surface area contributed by atoms with Crippen LogP contribution < -0.4 is 0 Å². The molecule has 0 saturated carbocycles. The standard InChI is InChI=1S/C29H20F4N4S/c1-17-15-22(18(2)36(17)20-12-10-19(30)11-13-20)27-26-23(29(31,32)33)16-24(25-9-6-14-38-25)34-28(26)37(35-27)21-7-4-3-5-8-21/h3-16H,1-2H3. The van der Waals surface area contributed by atoms with Crippen LogP contribution in [0.15, 0.2) is 84.2 Å². The molecule has 4 heterocycles. The maximum Gasteiger partial charge on any atom is 0.417 e. The summed E-state index contributed by atoms with van der Waals surface area (Å²) in [6, 6.07) is 21.4. The Bertz CT molecular complexity index is 1760. The molecule has 6 aromatic rings. The highest BCUT2D eigenvalue weighted by Crippen LogP contribution is 2.43. The largest absolute Gasteiger partial charge is 0.417 e. The van der Waals surface area contributed by atoms with Crippen LogP contribution in [0.3, 0.4) is 0 Å². The maximum atomic E-state index is 14.6. The quantitative estimate of drug-likeness (QED) is 0.214. The number of para-hydroxylation sites is 1. The molecule has 0 aliphatic heterocycles. The molecule has 38 heavy (non-hydrogen) atoms. The number of hydrogen-bond donors (Lipinski definition) is 0. The molecular weight excluding hydrogens is 512 g/mol. The Balaban J connectivity index is 1.69. The molecule has 0 aliphatic carbocycles. The van der Waals surface area contributed by atoms with Gasteiger partial charge in [-0.3, -0.25) is 0 Å². The van der Waals surface area contributed by atoms with Crippen molar-refractivity contribution in [3.05, 3.63) is 107 Å². The fourth-order valence-electron chi connectivity index (χ4n) is 4.82. The van der Waals surface area contributed by atoms with Gasteiger partial charge in [-0.2, -0.15) is 18.3 Å². The Hall–Kier alpha value is -4.24. The molecule has 0 spiro atoms. The number of pyridine rings is 1. The summed E-state index contributed by atoms with van der Waals surface area (Å²) < 4.78 is 60.8. The average Bonchev–Trinajstić information content (AvgIpc) is 3.62. The van der Waals surface area contributed by atoms with Crippen LogP contribution in [0.2, 0.25) is 0 Å². The molecule has 0 fully saturated rings. The first kappa shape index (κ1) is 24.1. The first-order valence-electron chi connectivity index (χ1n) is 11.8. The zero-order valence-electron chi connectivity index (χ0n) is 20.3. The third kappa shape index (κ3) is 3.99. The normalized spacial score (nSPS) is 11.9. The highest BCUT2D eigenvalue weighted by atomic mass is 32.1. The lowest BCUT2D eigenvalue weighted by Crippen LogP contribution is -2.08. The van der Waals surface area contributed by atoms with Crippen molar-refractivity contribution >= 4 is 22.4 Å². The smallest absolute Gasteiger partial charge is 0.318 e. The van der Waals surface area contributed by atoms with Crippen LogP contribution >= 0.6 is 11.3 Å². The Labute approximate surface area is 219 Å². The summed E-state index contributed by atoms with van der Waals surface area (Å²) in [4.78, 5) is 5.34. The van der Waals surface area contributed by atoms with E-state index < -0.39 is 11.7 Å². The van der Waals surface area contributed by atoms with E-state index in [-0.39, 0.29) is 28.2 Å². The van der Waals surface area contributed by atoms with E-state index in [2.05, 4.69) is 0 Å². The number of alkyl halides is 3. The Morgan fingerprint density at radius 3 is 2.24 bits per heavy atom. The number of rotatable bonds is 4. The molecular formula is C29H20F4N4S. The minimum Gasteiger partial charge on any atom is -0.318 e. The summed E-state index contributed by atoms with van der Waals surface area (Å²) in [5, 5.41) is 6.47. The van der Waals surface area contributed by atoms with Crippen molar-refractivity contribution in [2.45, 2.75) is 20.0 Å². The Morgan fingerprint density at radius 2 is 1.58 bits per heavy atom. The van der Waals surface area contributed by atoms with E-state index >= 15 is 0 Å². The van der Waals surface area contributed by atoms with E-state index in [1.165, 1.54) is 28.2 Å². The lowest BCUT2D eigenvalue weighted by atomic mass is 10.0. The van der Waals surface area contributed by atoms with Crippen molar-refractivity contribution in [3.63, 3.8) is 0 Å². The molecule has 0 radical (unpaired) electrons. The molecule has 0 bridgehead atoms. The lowest BCUT2D eigenvalue weighted by Gasteiger charge is -2.12. The van der Waals surface area contributed by atoms with Crippen molar-refractivity contribution in [2.75, 3.05) is 0 Å². The monoisotopic (exact) mass is 532 g/mol. The van der Waals surface area contributed by atoms with Gasteiger partial charge in [0.25, 0.3) is 0 Å². The van der Waals surface area contributed by atoms with Crippen LogP contribution in [-0.4, -0.2) is 19.3 Å². The zero-order chi connectivity index (χ0) is 26.6. The van der Waals surface area contributed by atoms with Crippen LogP contribution in [-0.2, 0) is 6.18 Å². The van der Waals surface area contributed by atoms with Gasteiger partial charge in [0.1, 0.15) is 11.5 Å². The highest BCUT2D eigenvalue weighted by molar-refractivity contribution is 7.13. The molecule has 4 nitrogen and oxygen atoms in total. The van der Waals surface area contributed by atoms with Gasteiger partial charge in [-0.05, 0) is 73.8 Å². The summed E-state index contributed by atoms with van der Waals surface area (Å²) >= 11 is 1.33. The van der Waals surface area contributed by atoms with E-state index in [1.54, 1.807) is 53.9 Å². The van der Waals surface area contributed by atoms with Gasteiger partial charge in [0.2, 0.25) is 0 Å². The molecule has 9 heteroatoms. The number of benzene rings is 2. The first-order valence-corrected chi connectivity index (χ1v) is 12.7. The SMILES string of the molecule is Cc1cc(-c2nn(-c3ccccc3)c3nc(-c4cccs4)cc(C(F)(F)F)c23)c(C)n1-c1ccc(F)cc1. The van der Waals surface area contributed by atoms with Gasteiger partial charge in [0.15, 0.2) is 5.65 Å². The van der Waals surface area contributed by atoms with Gasteiger partial charge in [0, 0.05) is 22.6 Å². The second kappa shape index (κ2) is 8.95. The van der Waals surface area contributed by atoms with E-state index in [9.17, 15) is 17.6 Å². The average molecular weight is 533 g/mol. The Kier molecular flexibility index (Phi) is 5.68. The van der Waals surface area contributed by atoms with Crippen LogP contribution in [0.25, 0.3) is 44.2 Å². The van der Waals surface area contributed by atoms with Gasteiger partial charge in [-0.25, -0.2) is 14.1 Å². The minimum absolute atomic E-state index is 0.0685. The number of thiophene rings is 1. The topological polar surface area (TPSA) is 35.6 Å².